The minimum Gasteiger partial charge on any atom is -0.354 e. The van der Waals surface area contributed by atoms with Crippen LogP contribution in [-0.2, 0) is 0 Å². The molecule has 0 atom stereocenters. The Labute approximate surface area is 104 Å². The predicted molar refractivity (Wildman–Crippen MR) is 66.4 cm³/mol. The van der Waals surface area contributed by atoms with Crippen molar-refractivity contribution in [2.45, 2.75) is 20.3 Å². The van der Waals surface area contributed by atoms with E-state index in [1.165, 1.54) is 6.42 Å². The molecule has 3 rings (SSSR count). The molecule has 5 nitrogen and oxygen atoms in total. The van der Waals surface area contributed by atoms with Gasteiger partial charge in [0.2, 0.25) is 5.28 Å². The number of fused-ring (bicyclic) bond motifs is 1. The molecule has 0 saturated carbocycles. The summed E-state index contributed by atoms with van der Waals surface area (Å²) in [7, 11) is 0. The van der Waals surface area contributed by atoms with E-state index < -0.39 is 0 Å². The third-order valence-electron chi connectivity index (χ3n) is 3.05. The molecule has 0 radical (unpaired) electrons. The molecule has 3 heterocycles. The average molecular weight is 250 g/mol. The van der Waals surface area contributed by atoms with Gasteiger partial charge >= 0.3 is 0 Å². The summed E-state index contributed by atoms with van der Waals surface area (Å²) in [4.78, 5) is 19.5. The highest BCUT2D eigenvalue weighted by Crippen LogP contribution is 2.26. The molecule has 6 heteroatoms. The van der Waals surface area contributed by atoms with E-state index in [0.717, 1.165) is 35.8 Å². The van der Waals surface area contributed by atoms with E-state index in [-0.39, 0.29) is 5.28 Å². The van der Waals surface area contributed by atoms with Gasteiger partial charge in [-0.2, -0.15) is 9.97 Å². The first kappa shape index (κ1) is 10.7. The van der Waals surface area contributed by atoms with Crippen LogP contribution in [0.4, 0.5) is 5.82 Å². The number of hydrogen-bond acceptors (Lipinski definition) is 5. The molecule has 0 N–H and O–H groups in total. The first-order valence-electron chi connectivity index (χ1n) is 5.58. The molecule has 0 bridgehead atoms. The molecule has 0 spiro atoms. The maximum Gasteiger partial charge on any atom is 0.226 e. The summed E-state index contributed by atoms with van der Waals surface area (Å²) in [5.41, 5.74) is 3.11. The summed E-state index contributed by atoms with van der Waals surface area (Å²) >= 11 is 5.92. The Morgan fingerprint density at radius 2 is 1.71 bits per heavy atom. The van der Waals surface area contributed by atoms with Gasteiger partial charge in [-0.3, -0.25) is 0 Å². The van der Waals surface area contributed by atoms with Crippen LogP contribution in [-0.4, -0.2) is 33.0 Å². The molecule has 0 aromatic carbocycles. The van der Waals surface area contributed by atoms with E-state index in [2.05, 4.69) is 24.8 Å². The first-order chi connectivity index (χ1) is 8.15. The minimum absolute atomic E-state index is 0.233. The SMILES string of the molecule is Cc1nc2nc(Cl)nc(N3CCC3)c2nc1C. The maximum atomic E-state index is 5.92. The fourth-order valence-electron chi connectivity index (χ4n) is 1.82. The van der Waals surface area contributed by atoms with Gasteiger partial charge in [0, 0.05) is 13.1 Å². The molecule has 0 amide bonds. The van der Waals surface area contributed by atoms with Gasteiger partial charge in [-0.05, 0) is 31.9 Å². The quantitative estimate of drug-likeness (QED) is 0.723. The van der Waals surface area contributed by atoms with Crippen molar-refractivity contribution in [3.05, 3.63) is 16.7 Å². The fourth-order valence-corrected chi connectivity index (χ4v) is 1.98. The van der Waals surface area contributed by atoms with Crippen LogP contribution in [0.2, 0.25) is 5.28 Å². The van der Waals surface area contributed by atoms with Crippen LogP contribution in [0.15, 0.2) is 0 Å². The summed E-state index contributed by atoms with van der Waals surface area (Å²) in [6, 6.07) is 0. The Morgan fingerprint density at radius 3 is 2.35 bits per heavy atom. The van der Waals surface area contributed by atoms with Crippen LogP contribution in [0.25, 0.3) is 11.2 Å². The molecule has 2 aromatic rings. The molecule has 0 aliphatic carbocycles. The van der Waals surface area contributed by atoms with E-state index in [9.17, 15) is 0 Å². The van der Waals surface area contributed by atoms with Gasteiger partial charge in [-0.1, -0.05) is 0 Å². The monoisotopic (exact) mass is 249 g/mol. The average Bonchev–Trinajstić information content (AvgIpc) is 2.18. The second kappa shape index (κ2) is 3.77. The van der Waals surface area contributed by atoms with Crippen LogP contribution in [0, 0.1) is 13.8 Å². The summed E-state index contributed by atoms with van der Waals surface area (Å²) in [6.45, 7) is 5.85. The molecule has 1 saturated heterocycles. The summed E-state index contributed by atoms with van der Waals surface area (Å²) in [6.07, 6.45) is 1.18. The Bertz CT molecular complexity index is 594. The Morgan fingerprint density at radius 1 is 1.00 bits per heavy atom. The van der Waals surface area contributed by atoms with E-state index in [1.54, 1.807) is 0 Å². The van der Waals surface area contributed by atoms with Crippen molar-refractivity contribution < 1.29 is 0 Å². The van der Waals surface area contributed by atoms with Crippen LogP contribution < -0.4 is 4.90 Å². The van der Waals surface area contributed by atoms with Crippen LogP contribution in [0.1, 0.15) is 17.8 Å². The van der Waals surface area contributed by atoms with Gasteiger partial charge in [-0.15, -0.1) is 0 Å². The number of hydrogen-bond donors (Lipinski definition) is 0. The number of rotatable bonds is 1. The Balaban J connectivity index is 2.28. The molecule has 17 heavy (non-hydrogen) atoms. The molecule has 88 valence electrons. The van der Waals surface area contributed by atoms with Crippen LogP contribution >= 0.6 is 11.6 Å². The molecule has 2 aromatic heterocycles. The van der Waals surface area contributed by atoms with Gasteiger partial charge in [-0.25, -0.2) is 9.97 Å². The van der Waals surface area contributed by atoms with Crippen molar-refractivity contribution >= 4 is 28.6 Å². The van der Waals surface area contributed by atoms with Gasteiger partial charge < -0.3 is 4.90 Å². The van der Waals surface area contributed by atoms with Gasteiger partial charge in [0.1, 0.15) is 0 Å². The van der Waals surface area contributed by atoms with E-state index in [0.29, 0.717) is 5.65 Å². The number of aromatic nitrogens is 4. The smallest absolute Gasteiger partial charge is 0.226 e. The number of aryl methyl sites for hydroxylation is 2. The highest BCUT2D eigenvalue weighted by Gasteiger charge is 2.21. The van der Waals surface area contributed by atoms with Crippen molar-refractivity contribution in [1.82, 2.24) is 19.9 Å². The van der Waals surface area contributed by atoms with Crippen LogP contribution in [0.3, 0.4) is 0 Å². The van der Waals surface area contributed by atoms with E-state index >= 15 is 0 Å². The largest absolute Gasteiger partial charge is 0.354 e. The lowest BCUT2D eigenvalue weighted by molar-refractivity contribution is 0.611. The first-order valence-corrected chi connectivity index (χ1v) is 5.96. The fraction of sp³-hybridized carbons (Fsp3) is 0.455. The number of nitrogens with zero attached hydrogens (tertiary/aromatic N) is 5. The molecule has 1 fully saturated rings. The zero-order chi connectivity index (χ0) is 12.0. The van der Waals surface area contributed by atoms with Crippen molar-refractivity contribution in [2.24, 2.45) is 0 Å². The Hall–Kier alpha value is -1.49. The zero-order valence-electron chi connectivity index (χ0n) is 9.74. The molecular weight excluding hydrogens is 238 g/mol. The summed E-state index contributed by atoms with van der Waals surface area (Å²) < 4.78 is 0. The topological polar surface area (TPSA) is 54.8 Å². The predicted octanol–water partition coefficient (Wildman–Crippen LogP) is 1.90. The third kappa shape index (κ3) is 1.70. The van der Waals surface area contributed by atoms with E-state index in [1.807, 2.05) is 13.8 Å². The lowest BCUT2D eigenvalue weighted by Crippen LogP contribution is -2.38. The lowest BCUT2D eigenvalue weighted by atomic mass is 10.2. The van der Waals surface area contributed by atoms with Crippen molar-refractivity contribution in [2.75, 3.05) is 18.0 Å². The summed E-state index contributed by atoms with van der Waals surface area (Å²) in [5, 5.41) is 0.233. The molecule has 1 aliphatic rings. The van der Waals surface area contributed by atoms with Gasteiger partial charge in [0.25, 0.3) is 0 Å². The summed E-state index contributed by atoms with van der Waals surface area (Å²) in [5.74, 6) is 0.807. The van der Waals surface area contributed by atoms with E-state index in [4.69, 9.17) is 11.6 Å². The normalized spacial score (nSPS) is 15.1. The molecule has 0 unspecified atom stereocenters. The highest BCUT2D eigenvalue weighted by molar-refractivity contribution is 6.28. The maximum absolute atomic E-state index is 5.92. The minimum atomic E-state index is 0.233. The highest BCUT2D eigenvalue weighted by atomic mass is 35.5. The van der Waals surface area contributed by atoms with Crippen molar-refractivity contribution in [1.29, 1.82) is 0 Å². The van der Waals surface area contributed by atoms with Crippen LogP contribution in [0.5, 0.6) is 0 Å². The molecule has 1 aliphatic heterocycles. The lowest BCUT2D eigenvalue weighted by Gasteiger charge is -2.32. The third-order valence-corrected chi connectivity index (χ3v) is 3.22. The zero-order valence-corrected chi connectivity index (χ0v) is 10.5. The van der Waals surface area contributed by atoms with Gasteiger partial charge in [0.05, 0.1) is 11.4 Å². The van der Waals surface area contributed by atoms with Crippen molar-refractivity contribution in [3.8, 4) is 0 Å². The second-order valence-corrected chi connectivity index (χ2v) is 4.56. The van der Waals surface area contributed by atoms with Crippen molar-refractivity contribution in [3.63, 3.8) is 0 Å². The van der Waals surface area contributed by atoms with Gasteiger partial charge in [0.15, 0.2) is 17.0 Å². The number of halogens is 1. The Kier molecular flexibility index (Phi) is 2.36. The standard InChI is InChI=1S/C11H12ClN5/c1-6-7(2)14-9-8(13-6)10(16-11(12)15-9)17-4-3-5-17/h3-5H2,1-2H3. The number of anilines is 1. The second-order valence-electron chi connectivity index (χ2n) is 4.22. The molecular formula is C11H12ClN5.